The summed E-state index contributed by atoms with van der Waals surface area (Å²) in [6.07, 6.45) is 0. The zero-order chi connectivity index (χ0) is 18.9. The molecule has 0 aliphatic heterocycles. The van der Waals surface area contributed by atoms with E-state index in [0.717, 1.165) is 0 Å². The van der Waals surface area contributed by atoms with Crippen molar-refractivity contribution in [1.82, 2.24) is 20.4 Å². The summed E-state index contributed by atoms with van der Waals surface area (Å²) >= 11 is 0. The molecule has 0 saturated carbocycles. The molecule has 2 amide bonds. The summed E-state index contributed by atoms with van der Waals surface area (Å²) < 4.78 is 0. The molecule has 0 aliphatic carbocycles. The Hall–Kier alpha value is -2.37. The smallest absolute Gasteiger partial charge is 0.314 e. The second-order valence-electron chi connectivity index (χ2n) is 6.87. The molecule has 0 heterocycles. The highest BCUT2D eigenvalue weighted by Gasteiger charge is 2.17. The van der Waals surface area contributed by atoms with Crippen molar-refractivity contribution in [2.45, 2.75) is 12.1 Å². The highest BCUT2D eigenvalue weighted by atomic mass is 16.2. The van der Waals surface area contributed by atoms with Gasteiger partial charge in [-0.25, -0.2) is 4.79 Å². The first kappa shape index (κ1) is 19.9. The maximum Gasteiger partial charge on any atom is 0.314 e. The molecular formula is C21H30N4O. The molecular weight excluding hydrogens is 324 g/mol. The van der Waals surface area contributed by atoms with Crippen molar-refractivity contribution >= 4 is 6.03 Å². The molecule has 26 heavy (non-hydrogen) atoms. The third-order valence-electron chi connectivity index (χ3n) is 4.53. The van der Waals surface area contributed by atoms with Gasteiger partial charge < -0.3 is 20.4 Å². The van der Waals surface area contributed by atoms with E-state index in [9.17, 15) is 4.79 Å². The molecule has 0 spiro atoms. The Morgan fingerprint density at radius 2 is 1.08 bits per heavy atom. The maximum absolute atomic E-state index is 12.3. The number of nitrogens with one attached hydrogen (secondary N) is 2. The number of hydrogen-bond donors (Lipinski definition) is 2. The Morgan fingerprint density at radius 3 is 1.38 bits per heavy atom. The quantitative estimate of drug-likeness (QED) is 0.766. The number of nitrogens with zero attached hydrogens (tertiary/aromatic N) is 2. The van der Waals surface area contributed by atoms with E-state index in [4.69, 9.17) is 0 Å². The minimum Gasteiger partial charge on any atom is -0.336 e. The lowest BCUT2D eigenvalue weighted by molar-refractivity contribution is 0.226. The maximum atomic E-state index is 12.3. The van der Waals surface area contributed by atoms with E-state index in [1.807, 2.05) is 64.6 Å². The van der Waals surface area contributed by atoms with E-state index in [-0.39, 0.29) is 18.1 Å². The monoisotopic (exact) mass is 354 g/mol. The third kappa shape index (κ3) is 5.86. The van der Waals surface area contributed by atoms with E-state index >= 15 is 0 Å². The summed E-state index contributed by atoms with van der Waals surface area (Å²) in [5.41, 5.74) is 2.38. The Balaban J connectivity index is 1.89. The average Bonchev–Trinajstić information content (AvgIpc) is 2.63. The highest BCUT2D eigenvalue weighted by Crippen LogP contribution is 2.17. The average molecular weight is 354 g/mol. The number of rotatable bonds is 8. The second kappa shape index (κ2) is 9.94. The molecule has 0 saturated heterocycles. The van der Waals surface area contributed by atoms with Gasteiger partial charge in [0.2, 0.25) is 0 Å². The van der Waals surface area contributed by atoms with Crippen LogP contribution < -0.4 is 10.6 Å². The van der Waals surface area contributed by atoms with Gasteiger partial charge in [0.1, 0.15) is 0 Å². The number of amides is 2. The van der Waals surface area contributed by atoms with Gasteiger partial charge in [0.05, 0.1) is 12.1 Å². The summed E-state index contributed by atoms with van der Waals surface area (Å²) in [6.45, 7) is 1.11. The van der Waals surface area contributed by atoms with Gasteiger partial charge in [0.15, 0.2) is 0 Å². The molecule has 2 aromatic carbocycles. The molecule has 5 nitrogen and oxygen atoms in total. The largest absolute Gasteiger partial charge is 0.336 e. The molecule has 0 fully saturated rings. The van der Waals surface area contributed by atoms with Crippen LogP contribution in [-0.4, -0.2) is 57.1 Å². The molecule has 2 N–H and O–H groups in total. The molecule has 0 aliphatic rings. The summed E-state index contributed by atoms with van der Waals surface area (Å²) in [4.78, 5) is 16.5. The number of carbonyl (C=O) groups is 1. The van der Waals surface area contributed by atoms with Gasteiger partial charge in [-0.05, 0) is 39.3 Å². The number of hydrogen-bond acceptors (Lipinski definition) is 3. The van der Waals surface area contributed by atoms with E-state index in [0.29, 0.717) is 13.1 Å². The molecule has 5 heteroatoms. The lowest BCUT2D eigenvalue weighted by atomic mass is 10.1. The predicted octanol–water partition coefficient (Wildman–Crippen LogP) is 2.89. The fourth-order valence-corrected chi connectivity index (χ4v) is 2.99. The molecule has 2 atom stereocenters. The lowest BCUT2D eigenvalue weighted by Crippen LogP contribution is -2.43. The predicted molar refractivity (Wildman–Crippen MR) is 107 cm³/mol. The van der Waals surface area contributed by atoms with Gasteiger partial charge in [0.25, 0.3) is 0 Å². The van der Waals surface area contributed by atoms with Crippen molar-refractivity contribution in [3.63, 3.8) is 0 Å². The van der Waals surface area contributed by atoms with Crippen molar-refractivity contribution in [2.75, 3.05) is 41.3 Å². The summed E-state index contributed by atoms with van der Waals surface area (Å²) in [5.74, 6) is 0. The SMILES string of the molecule is CN(C)[C@H](CNC(=O)NC[C@@H](c1ccccc1)N(C)C)c1ccccc1. The molecule has 0 radical (unpaired) electrons. The minimum atomic E-state index is -0.143. The van der Waals surface area contributed by atoms with Crippen LogP contribution in [0.5, 0.6) is 0 Å². The first-order valence-electron chi connectivity index (χ1n) is 8.93. The second-order valence-corrected chi connectivity index (χ2v) is 6.87. The van der Waals surface area contributed by atoms with Crippen LogP contribution in [0.25, 0.3) is 0 Å². The van der Waals surface area contributed by atoms with Crippen molar-refractivity contribution in [1.29, 1.82) is 0 Å². The van der Waals surface area contributed by atoms with E-state index < -0.39 is 0 Å². The number of likely N-dealkylation sites (N-methyl/N-ethyl adjacent to an activating group) is 2. The zero-order valence-corrected chi connectivity index (χ0v) is 16.1. The van der Waals surface area contributed by atoms with Crippen LogP contribution in [0.15, 0.2) is 60.7 Å². The van der Waals surface area contributed by atoms with Gasteiger partial charge in [-0.15, -0.1) is 0 Å². The van der Waals surface area contributed by atoms with Crippen LogP contribution in [0.2, 0.25) is 0 Å². The van der Waals surface area contributed by atoms with Crippen molar-refractivity contribution in [2.24, 2.45) is 0 Å². The number of benzene rings is 2. The van der Waals surface area contributed by atoms with Gasteiger partial charge in [0, 0.05) is 13.1 Å². The third-order valence-corrected chi connectivity index (χ3v) is 4.53. The first-order chi connectivity index (χ1) is 12.5. The van der Waals surface area contributed by atoms with Crippen molar-refractivity contribution in [3.8, 4) is 0 Å². The molecule has 0 aromatic heterocycles. The van der Waals surface area contributed by atoms with Crippen LogP contribution in [0.1, 0.15) is 23.2 Å². The van der Waals surface area contributed by atoms with E-state index in [1.54, 1.807) is 0 Å². The fourth-order valence-electron chi connectivity index (χ4n) is 2.99. The van der Waals surface area contributed by atoms with Gasteiger partial charge >= 0.3 is 6.03 Å². The molecule has 2 rings (SSSR count). The number of urea groups is 1. The zero-order valence-electron chi connectivity index (χ0n) is 16.1. The van der Waals surface area contributed by atoms with Gasteiger partial charge in [-0.3, -0.25) is 0 Å². The van der Waals surface area contributed by atoms with Crippen LogP contribution >= 0.6 is 0 Å². The summed E-state index contributed by atoms with van der Waals surface area (Å²) in [6, 6.07) is 20.6. The van der Waals surface area contributed by atoms with Crippen LogP contribution in [0.3, 0.4) is 0 Å². The normalized spacial score (nSPS) is 13.5. The lowest BCUT2D eigenvalue weighted by Gasteiger charge is -2.27. The molecule has 0 unspecified atom stereocenters. The molecule has 2 aromatic rings. The Bertz CT molecular complexity index is 601. The number of carbonyl (C=O) groups excluding carboxylic acids is 1. The Kier molecular flexibility index (Phi) is 7.63. The molecule has 140 valence electrons. The minimum absolute atomic E-state index is 0.140. The Labute approximate surface area is 157 Å². The van der Waals surface area contributed by atoms with E-state index in [1.165, 1.54) is 11.1 Å². The summed E-state index contributed by atoms with van der Waals surface area (Å²) in [7, 11) is 8.09. The van der Waals surface area contributed by atoms with Gasteiger partial charge in [-0.2, -0.15) is 0 Å². The fraction of sp³-hybridized carbons (Fsp3) is 0.381. The van der Waals surface area contributed by atoms with E-state index in [2.05, 4.69) is 44.7 Å². The first-order valence-corrected chi connectivity index (χ1v) is 8.93. The van der Waals surface area contributed by atoms with Gasteiger partial charge in [-0.1, -0.05) is 60.7 Å². The van der Waals surface area contributed by atoms with Crippen LogP contribution in [0.4, 0.5) is 4.79 Å². The van der Waals surface area contributed by atoms with Crippen molar-refractivity contribution < 1.29 is 4.79 Å². The Morgan fingerprint density at radius 1 is 0.731 bits per heavy atom. The highest BCUT2D eigenvalue weighted by molar-refractivity contribution is 5.73. The van der Waals surface area contributed by atoms with Crippen molar-refractivity contribution in [3.05, 3.63) is 71.8 Å². The summed E-state index contributed by atoms with van der Waals surface area (Å²) in [5, 5.41) is 6.00. The van der Waals surface area contributed by atoms with Crippen LogP contribution in [-0.2, 0) is 0 Å². The standard InChI is InChI=1S/C21H30N4O/c1-24(2)19(17-11-7-5-8-12-17)15-22-21(26)23-16-20(25(3)4)18-13-9-6-10-14-18/h5-14,19-20H,15-16H2,1-4H3,(H2,22,23,26)/t19-,20+. The van der Waals surface area contributed by atoms with Crippen LogP contribution in [0, 0.1) is 0 Å². The topological polar surface area (TPSA) is 47.6 Å². The molecule has 0 bridgehead atoms.